The second-order valence-electron chi connectivity index (χ2n) is 7.30. The Kier molecular flexibility index (Phi) is 5.17. The predicted molar refractivity (Wildman–Crippen MR) is 103 cm³/mol. The van der Waals surface area contributed by atoms with Gasteiger partial charge in [0.1, 0.15) is 12.4 Å². The largest absolute Gasteiger partial charge is 0.490 e. The third-order valence-electron chi connectivity index (χ3n) is 5.32. The van der Waals surface area contributed by atoms with E-state index in [-0.39, 0.29) is 1.43 Å². The summed E-state index contributed by atoms with van der Waals surface area (Å²) >= 11 is 0. The third-order valence-corrected chi connectivity index (χ3v) is 5.32. The van der Waals surface area contributed by atoms with Crippen LogP contribution in [0.15, 0.2) is 54.9 Å². The van der Waals surface area contributed by atoms with Crippen molar-refractivity contribution in [1.29, 1.82) is 0 Å². The monoisotopic (exact) mass is 339 g/mol. The standard InChI is InChI=1S/C15H21N3O.C6H6.H2/c1-2-13(17-3-1)10-19-15-5-14(6-16-7-15)18-8-11-4-12(11)9-18;1-2-4-6-5-3-1;/h5-7,11-13,17H,1-4,8-10H2;1-6H;1H/t11-,12?,13+;;/m1../s1. The van der Waals surface area contributed by atoms with Crippen molar-refractivity contribution in [3.05, 3.63) is 54.9 Å². The van der Waals surface area contributed by atoms with Crippen LogP contribution in [0.5, 0.6) is 5.75 Å². The molecule has 2 aliphatic heterocycles. The predicted octanol–water partition coefficient (Wildman–Crippen LogP) is 3.60. The lowest BCUT2D eigenvalue weighted by molar-refractivity contribution is 0.276. The maximum Gasteiger partial charge on any atom is 0.139 e. The minimum absolute atomic E-state index is 0. The minimum atomic E-state index is 0. The average Bonchev–Trinajstić information content (AvgIpc) is 3.07. The van der Waals surface area contributed by atoms with Crippen LogP contribution in [-0.4, -0.2) is 37.3 Å². The van der Waals surface area contributed by atoms with Crippen molar-refractivity contribution in [2.45, 2.75) is 25.3 Å². The van der Waals surface area contributed by atoms with Crippen LogP contribution >= 0.6 is 0 Å². The fourth-order valence-electron chi connectivity index (χ4n) is 3.75. The van der Waals surface area contributed by atoms with Gasteiger partial charge in [-0.3, -0.25) is 4.98 Å². The molecule has 5 rings (SSSR count). The lowest BCUT2D eigenvalue weighted by Crippen LogP contribution is -2.28. The summed E-state index contributed by atoms with van der Waals surface area (Å²) in [5.41, 5.74) is 1.23. The van der Waals surface area contributed by atoms with Crippen LogP contribution in [0.4, 0.5) is 5.69 Å². The van der Waals surface area contributed by atoms with Gasteiger partial charge in [0.05, 0.1) is 18.1 Å². The number of aromatic nitrogens is 1. The Bertz CT molecular complexity index is 627. The van der Waals surface area contributed by atoms with Crippen LogP contribution in [0, 0.1) is 11.8 Å². The van der Waals surface area contributed by atoms with E-state index in [0.29, 0.717) is 6.04 Å². The van der Waals surface area contributed by atoms with Crippen molar-refractivity contribution in [3.8, 4) is 5.75 Å². The lowest BCUT2D eigenvalue weighted by atomic mass is 10.2. The average molecular weight is 339 g/mol. The minimum Gasteiger partial charge on any atom is -0.490 e. The van der Waals surface area contributed by atoms with E-state index >= 15 is 0 Å². The van der Waals surface area contributed by atoms with Crippen molar-refractivity contribution >= 4 is 5.69 Å². The van der Waals surface area contributed by atoms with Gasteiger partial charge < -0.3 is 15.0 Å². The topological polar surface area (TPSA) is 37.4 Å². The number of hydrogen-bond acceptors (Lipinski definition) is 4. The molecule has 1 saturated carbocycles. The molecule has 4 nitrogen and oxygen atoms in total. The molecule has 0 amide bonds. The molecule has 1 aliphatic carbocycles. The summed E-state index contributed by atoms with van der Waals surface area (Å²) in [7, 11) is 0. The summed E-state index contributed by atoms with van der Waals surface area (Å²) in [5, 5.41) is 3.45. The second kappa shape index (κ2) is 7.87. The first-order valence-electron chi connectivity index (χ1n) is 9.45. The molecule has 1 aromatic heterocycles. The first kappa shape index (κ1) is 16.4. The summed E-state index contributed by atoms with van der Waals surface area (Å²) in [5.74, 6) is 2.81. The zero-order valence-electron chi connectivity index (χ0n) is 14.7. The van der Waals surface area contributed by atoms with Crippen molar-refractivity contribution in [2.24, 2.45) is 11.8 Å². The number of hydrogen-bond donors (Lipinski definition) is 1. The number of fused-ring (bicyclic) bond motifs is 1. The molecule has 1 aromatic carbocycles. The molecule has 3 atom stereocenters. The molecule has 3 fully saturated rings. The Morgan fingerprint density at radius 3 is 2.44 bits per heavy atom. The van der Waals surface area contributed by atoms with Crippen LogP contribution < -0.4 is 15.0 Å². The Balaban J connectivity index is 0.000000241. The summed E-state index contributed by atoms with van der Waals surface area (Å²) in [6, 6.07) is 14.7. The SMILES string of the molecule is [HH].c1ccccc1.c1ncc(N2CC3C[C@@H]3C2)cc1OC[C@@H]1CCCN1. The van der Waals surface area contributed by atoms with Gasteiger partial charge >= 0.3 is 0 Å². The molecule has 1 unspecified atom stereocenters. The van der Waals surface area contributed by atoms with E-state index in [0.717, 1.165) is 30.7 Å². The van der Waals surface area contributed by atoms with Gasteiger partial charge in [-0.2, -0.15) is 0 Å². The zero-order valence-corrected chi connectivity index (χ0v) is 14.7. The van der Waals surface area contributed by atoms with Gasteiger partial charge in [0.2, 0.25) is 0 Å². The molecule has 3 aliphatic rings. The molecule has 2 saturated heterocycles. The Labute approximate surface area is 151 Å². The van der Waals surface area contributed by atoms with E-state index in [1.54, 1.807) is 0 Å². The van der Waals surface area contributed by atoms with E-state index in [2.05, 4.69) is 21.3 Å². The van der Waals surface area contributed by atoms with Crippen LogP contribution in [0.1, 0.15) is 20.7 Å². The Hall–Kier alpha value is -2.07. The number of rotatable bonds is 4. The highest BCUT2D eigenvalue weighted by Gasteiger charge is 2.45. The highest BCUT2D eigenvalue weighted by atomic mass is 16.5. The van der Waals surface area contributed by atoms with Crippen LogP contribution in [0.2, 0.25) is 0 Å². The van der Waals surface area contributed by atoms with E-state index in [4.69, 9.17) is 4.74 Å². The highest BCUT2D eigenvalue weighted by molar-refractivity contribution is 5.50. The summed E-state index contributed by atoms with van der Waals surface area (Å²) in [6.45, 7) is 4.30. The molecular formula is C21H29N3O. The van der Waals surface area contributed by atoms with Gasteiger partial charge in [0.25, 0.3) is 0 Å². The van der Waals surface area contributed by atoms with Gasteiger partial charge in [-0.25, -0.2) is 0 Å². The fraction of sp³-hybridized carbons (Fsp3) is 0.476. The number of piperidine rings is 1. The van der Waals surface area contributed by atoms with Crippen LogP contribution in [0.25, 0.3) is 0 Å². The van der Waals surface area contributed by atoms with E-state index in [1.165, 1.54) is 38.0 Å². The van der Waals surface area contributed by atoms with Gasteiger partial charge in [-0.1, -0.05) is 36.4 Å². The first-order valence-corrected chi connectivity index (χ1v) is 9.45. The maximum atomic E-state index is 5.88. The summed E-state index contributed by atoms with van der Waals surface area (Å²) in [4.78, 5) is 6.78. The zero-order chi connectivity index (χ0) is 16.9. The van der Waals surface area contributed by atoms with Crippen molar-refractivity contribution in [2.75, 3.05) is 31.1 Å². The van der Waals surface area contributed by atoms with Crippen molar-refractivity contribution in [3.63, 3.8) is 0 Å². The molecule has 4 heteroatoms. The van der Waals surface area contributed by atoms with Crippen molar-refractivity contribution < 1.29 is 6.16 Å². The second-order valence-corrected chi connectivity index (χ2v) is 7.30. The van der Waals surface area contributed by atoms with E-state index < -0.39 is 0 Å². The van der Waals surface area contributed by atoms with Crippen LogP contribution in [0.3, 0.4) is 0 Å². The molecule has 1 N–H and O–H groups in total. The maximum absolute atomic E-state index is 5.88. The van der Waals surface area contributed by atoms with E-state index in [1.807, 2.05) is 48.8 Å². The Morgan fingerprint density at radius 2 is 1.80 bits per heavy atom. The number of nitrogens with one attached hydrogen (secondary N) is 1. The Morgan fingerprint density at radius 1 is 1.08 bits per heavy atom. The van der Waals surface area contributed by atoms with Gasteiger partial charge in [-0.15, -0.1) is 0 Å². The molecule has 0 spiro atoms. The van der Waals surface area contributed by atoms with E-state index in [9.17, 15) is 0 Å². The molecule has 25 heavy (non-hydrogen) atoms. The number of ether oxygens (including phenoxy) is 1. The van der Waals surface area contributed by atoms with Gasteiger partial charge in [-0.05, 0) is 37.6 Å². The molecule has 0 radical (unpaired) electrons. The van der Waals surface area contributed by atoms with Crippen molar-refractivity contribution in [1.82, 2.24) is 10.3 Å². The molecule has 134 valence electrons. The van der Waals surface area contributed by atoms with Gasteiger partial charge in [0, 0.05) is 26.6 Å². The molecular weight excluding hydrogens is 310 g/mol. The number of nitrogens with zero attached hydrogens (tertiary/aromatic N) is 2. The smallest absolute Gasteiger partial charge is 0.139 e. The molecule has 0 bridgehead atoms. The third kappa shape index (κ3) is 4.51. The fourth-order valence-corrected chi connectivity index (χ4v) is 3.75. The van der Waals surface area contributed by atoms with Gasteiger partial charge in [0.15, 0.2) is 0 Å². The number of benzene rings is 1. The quantitative estimate of drug-likeness (QED) is 0.923. The molecule has 3 heterocycles. The highest BCUT2D eigenvalue weighted by Crippen LogP contribution is 2.46. The molecule has 2 aromatic rings. The summed E-state index contributed by atoms with van der Waals surface area (Å²) in [6.07, 6.45) is 7.72. The number of anilines is 1. The first-order chi connectivity index (χ1) is 12.4. The lowest BCUT2D eigenvalue weighted by Gasteiger charge is -2.20. The number of pyridine rings is 1. The van der Waals surface area contributed by atoms with Crippen LogP contribution in [-0.2, 0) is 0 Å². The normalized spacial score (nSPS) is 26.6. The summed E-state index contributed by atoms with van der Waals surface area (Å²) < 4.78 is 5.88.